The third kappa shape index (κ3) is 9.99. The molecule has 15 nitrogen and oxygen atoms in total. The van der Waals surface area contributed by atoms with Crippen molar-refractivity contribution in [1.29, 1.82) is 0 Å². The van der Waals surface area contributed by atoms with Gasteiger partial charge in [0.15, 0.2) is 12.6 Å². The van der Waals surface area contributed by atoms with Crippen LogP contribution in [0.3, 0.4) is 0 Å². The molecule has 0 aromatic carbocycles. The third-order valence-electron chi connectivity index (χ3n) is 3.57. The molecular weight excluding hydrogens is 425 g/mol. The van der Waals surface area contributed by atoms with Crippen LogP contribution in [0, 0.1) is 0 Å². The quantitative estimate of drug-likeness (QED) is 0.122. The van der Waals surface area contributed by atoms with Gasteiger partial charge in [0.2, 0.25) is 5.91 Å². The van der Waals surface area contributed by atoms with Gasteiger partial charge in [-0.05, 0) is 0 Å². The van der Waals surface area contributed by atoms with Crippen molar-refractivity contribution in [2.75, 3.05) is 13.2 Å². The monoisotopic (exact) mass is 451 g/mol. The Morgan fingerprint density at radius 1 is 1.21 bits per heavy atom. The Kier molecular flexibility index (Phi) is 12.1. The number of aliphatic hydroxyl groups is 7. The van der Waals surface area contributed by atoms with Crippen molar-refractivity contribution in [2.24, 2.45) is 0 Å². The van der Waals surface area contributed by atoms with E-state index in [0.29, 0.717) is 0 Å². The highest BCUT2D eigenvalue weighted by molar-refractivity contribution is 7.46. The first-order valence-corrected chi connectivity index (χ1v) is 9.55. The van der Waals surface area contributed by atoms with Crippen LogP contribution in [-0.4, -0.2) is 120 Å². The van der Waals surface area contributed by atoms with Gasteiger partial charge in [0.25, 0.3) is 0 Å². The molecule has 0 aliphatic carbocycles. The summed E-state index contributed by atoms with van der Waals surface area (Å²) < 4.78 is 18.8. The number of phosphoric acid groups is 1. The van der Waals surface area contributed by atoms with Gasteiger partial charge in [-0.3, -0.25) is 9.32 Å². The van der Waals surface area contributed by atoms with E-state index in [2.05, 4.69) is 9.84 Å². The van der Waals surface area contributed by atoms with Crippen LogP contribution in [0.15, 0.2) is 0 Å². The highest BCUT2D eigenvalue weighted by atomic mass is 31.2. The second-order valence-corrected chi connectivity index (χ2v) is 7.17. The average molecular weight is 451 g/mol. The van der Waals surface area contributed by atoms with Crippen LogP contribution in [-0.2, 0) is 23.4 Å². The van der Waals surface area contributed by atoms with Gasteiger partial charge in [-0.15, -0.1) is 0 Å². The predicted octanol–water partition coefficient (Wildman–Crippen LogP) is -5.70. The second-order valence-electron chi connectivity index (χ2n) is 5.93. The number of phosphoric ester groups is 1. The molecule has 1 fully saturated rings. The van der Waals surface area contributed by atoms with Gasteiger partial charge in [-0.1, -0.05) is 0 Å². The summed E-state index contributed by atoms with van der Waals surface area (Å²) in [6.07, 6.45) is -10.7. The highest BCUT2D eigenvalue weighted by Gasteiger charge is 2.43. The lowest BCUT2D eigenvalue weighted by Crippen LogP contribution is -2.63. The van der Waals surface area contributed by atoms with Crippen molar-refractivity contribution in [2.45, 2.75) is 55.9 Å². The lowest BCUT2D eigenvalue weighted by atomic mass is 9.97. The van der Waals surface area contributed by atoms with Gasteiger partial charge in [-0.2, -0.15) is 0 Å². The minimum Gasteiger partial charge on any atom is -0.394 e. The molecule has 1 heterocycles. The smallest absolute Gasteiger partial charge is 0.394 e. The van der Waals surface area contributed by atoms with E-state index < -0.39 is 75.9 Å². The van der Waals surface area contributed by atoms with Crippen LogP contribution in [0.25, 0.3) is 0 Å². The summed E-state index contributed by atoms with van der Waals surface area (Å²) in [4.78, 5) is 37.1. The van der Waals surface area contributed by atoms with Crippen molar-refractivity contribution in [1.82, 2.24) is 5.32 Å². The summed E-state index contributed by atoms with van der Waals surface area (Å²) in [5, 5.41) is 66.0. The summed E-state index contributed by atoms with van der Waals surface area (Å²) in [5.74, 6) is -0.462. The van der Waals surface area contributed by atoms with Gasteiger partial charge >= 0.3 is 7.82 Å². The fourth-order valence-electron chi connectivity index (χ4n) is 2.07. The van der Waals surface area contributed by atoms with Crippen molar-refractivity contribution in [3.05, 3.63) is 0 Å². The first-order valence-electron chi connectivity index (χ1n) is 8.02. The molecule has 4 unspecified atom stereocenters. The van der Waals surface area contributed by atoms with E-state index in [9.17, 15) is 29.5 Å². The van der Waals surface area contributed by atoms with Crippen LogP contribution < -0.4 is 5.32 Å². The number of nitrogens with one attached hydrogen (secondary N) is 1. The lowest BCUT2D eigenvalue weighted by molar-refractivity contribution is -0.253. The number of aldehydes is 1. The Hall–Kier alpha value is -1.07. The molecule has 0 aromatic heterocycles. The maximum Gasteiger partial charge on any atom is 0.469 e. The Morgan fingerprint density at radius 3 is 2.17 bits per heavy atom. The topological polar surface area (TPSA) is 264 Å². The number of hydrogen-bond donors (Lipinski definition) is 10. The van der Waals surface area contributed by atoms with Gasteiger partial charge in [0, 0.05) is 6.92 Å². The minimum absolute atomic E-state index is 0.0225. The van der Waals surface area contributed by atoms with E-state index in [4.69, 9.17) is 34.9 Å². The summed E-state index contributed by atoms with van der Waals surface area (Å²) >= 11 is 0. The van der Waals surface area contributed by atoms with E-state index in [-0.39, 0.29) is 6.29 Å². The van der Waals surface area contributed by atoms with Gasteiger partial charge < -0.3 is 60.4 Å². The zero-order valence-corrected chi connectivity index (χ0v) is 16.0. The Labute approximate surface area is 164 Å². The zero-order chi connectivity index (χ0) is 22.9. The first kappa shape index (κ1) is 27.9. The molecule has 0 radical (unpaired) electrons. The number of carbonyl (C=O) groups excluding carboxylic acids is 2. The van der Waals surface area contributed by atoms with E-state index in [1.54, 1.807) is 0 Å². The Bertz CT molecular complexity index is 558. The molecule has 0 bridgehead atoms. The lowest BCUT2D eigenvalue weighted by Gasteiger charge is -2.40. The number of aliphatic hydroxyl groups excluding tert-OH is 7. The van der Waals surface area contributed by atoms with E-state index in [1.165, 1.54) is 6.92 Å². The van der Waals surface area contributed by atoms with Crippen molar-refractivity contribution >= 4 is 20.0 Å². The summed E-state index contributed by atoms with van der Waals surface area (Å²) in [5.41, 5.74) is 0. The van der Waals surface area contributed by atoms with E-state index in [0.717, 1.165) is 0 Å². The molecule has 10 N–H and O–H groups in total. The van der Waals surface area contributed by atoms with Crippen LogP contribution in [0.5, 0.6) is 0 Å². The van der Waals surface area contributed by atoms with Crippen LogP contribution >= 0.6 is 7.82 Å². The largest absolute Gasteiger partial charge is 0.469 e. The number of carbonyl (C=O) groups is 2. The molecule has 16 heteroatoms. The Morgan fingerprint density at radius 2 is 1.76 bits per heavy atom. The minimum atomic E-state index is -4.74. The van der Waals surface area contributed by atoms with Crippen LogP contribution in [0.1, 0.15) is 6.92 Å². The normalized spacial score (nSPS) is 30.3. The second kappa shape index (κ2) is 12.6. The summed E-state index contributed by atoms with van der Waals surface area (Å²) in [6, 6.07) is -1.10. The predicted molar refractivity (Wildman–Crippen MR) is 89.7 cm³/mol. The molecule has 1 aliphatic rings. The van der Waals surface area contributed by atoms with E-state index in [1.807, 2.05) is 0 Å². The third-order valence-corrected chi connectivity index (χ3v) is 4.05. The van der Waals surface area contributed by atoms with Gasteiger partial charge in [-0.25, -0.2) is 4.57 Å². The van der Waals surface area contributed by atoms with Gasteiger partial charge in [0.05, 0.1) is 13.2 Å². The van der Waals surface area contributed by atoms with Gasteiger partial charge in [0.1, 0.15) is 42.7 Å². The molecule has 1 aliphatic heterocycles. The fourth-order valence-corrected chi connectivity index (χ4v) is 2.41. The molecular formula is C13H26NO14P. The SMILES string of the molecule is CC(=O)N[C@H]1C(O)O[C@H](CO)[C@@H](O)[C@@H]1O.O=CC(O)C(O)C(O)COP(=O)(O)O. The summed E-state index contributed by atoms with van der Waals surface area (Å²) in [7, 11) is -4.74. The number of rotatable bonds is 8. The zero-order valence-electron chi connectivity index (χ0n) is 15.1. The summed E-state index contributed by atoms with van der Waals surface area (Å²) in [6.45, 7) is -0.206. The molecule has 0 saturated carbocycles. The maximum absolute atomic E-state index is 10.7. The molecule has 1 rings (SSSR count). The number of ether oxygens (including phenoxy) is 1. The average Bonchev–Trinajstić information content (AvgIpc) is 2.64. The van der Waals surface area contributed by atoms with Crippen LogP contribution in [0.2, 0.25) is 0 Å². The standard InChI is InChI=1S/C8H15NO6.C5H11O8P/c1-3(11)9-5-7(13)6(12)4(2-10)15-8(5)14;6-1-3(7)5(9)4(8)2-13-14(10,11)12/h4-8,10,12-14H,2H2,1H3,(H,9,11);1,3-5,7-9H,2H2,(H2,10,11,12)/t4-,5-,6-,7-,8?;/m1./s1. The highest BCUT2D eigenvalue weighted by Crippen LogP contribution is 2.35. The van der Waals surface area contributed by atoms with Crippen molar-refractivity contribution in [3.63, 3.8) is 0 Å². The molecule has 1 saturated heterocycles. The number of amides is 1. The molecule has 172 valence electrons. The van der Waals surface area contributed by atoms with Crippen molar-refractivity contribution in [3.8, 4) is 0 Å². The Balaban J connectivity index is 0.000000543. The molecule has 1 amide bonds. The van der Waals surface area contributed by atoms with Crippen molar-refractivity contribution < 1.29 is 68.9 Å². The molecule has 0 aromatic rings. The van der Waals surface area contributed by atoms with Crippen LogP contribution in [0.4, 0.5) is 0 Å². The molecule has 8 atom stereocenters. The fraction of sp³-hybridized carbons (Fsp3) is 0.846. The first-order chi connectivity index (χ1) is 13.2. The van der Waals surface area contributed by atoms with E-state index >= 15 is 0 Å². The molecule has 29 heavy (non-hydrogen) atoms. The molecule has 0 spiro atoms. The number of hydrogen-bond acceptors (Lipinski definition) is 12. The maximum atomic E-state index is 10.7.